The summed E-state index contributed by atoms with van der Waals surface area (Å²) in [5, 5.41) is 12.2. The van der Waals surface area contributed by atoms with Crippen molar-refractivity contribution in [3.63, 3.8) is 0 Å². The Morgan fingerprint density at radius 3 is 2.63 bits per heavy atom. The molecule has 0 aliphatic heterocycles. The van der Waals surface area contributed by atoms with Gasteiger partial charge in [-0.25, -0.2) is 4.79 Å². The van der Waals surface area contributed by atoms with Gasteiger partial charge in [-0.3, -0.25) is 0 Å². The number of carboxylic acids is 1. The smallest absolute Gasteiger partial charge is 0.335 e. The van der Waals surface area contributed by atoms with Gasteiger partial charge >= 0.3 is 5.97 Å². The van der Waals surface area contributed by atoms with E-state index in [-0.39, 0.29) is 0 Å². The maximum absolute atomic E-state index is 10.9. The third-order valence-electron chi connectivity index (χ3n) is 2.62. The van der Waals surface area contributed by atoms with Crippen LogP contribution in [0.1, 0.15) is 20.8 Å². The summed E-state index contributed by atoms with van der Waals surface area (Å²) in [5.74, 6) is -0.902. The molecular weight excluding hydrogens is 394 g/mol. The molecule has 0 aliphatic rings. The van der Waals surface area contributed by atoms with Crippen LogP contribution in [0.15, 0.2) is 32.5 Å². The van der Waals surface area contributed by atoms with Crippen LogP contribution in [-0.2, 0) is 6.54 Å². The molecule has 1 aromatic heterocycles. The van der Waals surface area contributed by atoms with E-state index in [4.69, 9.17) is 5.11 Å². The van der Waals surface area contributed by atoms with Gasteiger partial charge in [-0.05, 0) is 68.6 Å². The number of thiophene rings is 1. The van der Waals surface area contributed by atoms with Crippen molar-refractivity contribution in [3.05, 3.63) is 48.5 Å². The van der Waals surface area contributed by atoms with E-state index < -0.39 is 5.97 Å². The predicted octanol–water partition coefficient (Wildman–Crippen LogP) is 4.89. The molecule has 3 nitrogen and oxygen atoms in total. The molecule has 0 bridgehead atoms. The molecule has 0 atom stereocenters. The molecule has 2 rings (SSSR count). The van der Waals surface area contributed by atoms with Crippen LogP contribution < -0.4 is 5.32 Å². The molecule has 0 amide bonds. The van der Waals surface area contributed by atoms with Crippen molar-refractivity contribution in [1.82, 2.24) is 0 Å². The summed E-state index contributed by atoms with van der Waals surface area (Å²) < 4.78 is 2.12. The fourth-order valence-electron chi connectivity index (χ4n) is 1.66. The van der Waals surface area contributed by atoms with Crippen LogP contribution >= 0.6 is 43.2 Å². The van der Waals surface area contributed by atoms with Gasteiger partial charge in [-0.15, -0.1) is 11.3 Å². The number of rotatable bonds is 4. The van der Waals surface area contributed by atoms with Gasteiger partial charge in [-0.1, -0.05) is 0 Å². The van der Waals surface area contributed by atoms with Crippen molar-refractivity contribution < 1.29 is 9.90 Å². The first-order chi connectivity index (χ1) is 8.97. The fraction of sp³-hybridized carbons (Fsp3) is 0.154. The number of anilines is 1. The SMILES string of the molecule is Cc1cc(C(=O)O)ccc1NCc1cc(Br)c(Br)s1. The number of aromatic carboxylic acids is 1. The van der Waals surface area contributed by atoms with Crippen molar-refractivity contribution in [2.45, 2.75) is 13.5 Å². The van der Waals surface area contributed by atoms with Gasteiger partial charge in [0, 0.05) is 21.6 Å². The summed E-state index contributed by atoms with van der Waals surface area (Å²) in [6, 6.07) is 7.14. The molecule has 2 N–H and O–H groups in total. The Hall–Kier alpha value is -0.850. The number of benzene rings is 1. The highest BCUT2D eigenvalue weighted by Crippen LogP contribution is 2.32. The largest absolute Gasteiger partial charge is 0.478 e. The van der Waals surface area contributed by atoms with Crippen LogP contribution in [0.25, 0.3) is 0 Å². The highest BCUT2D eigenvalue weighted by Gasteiger charge is 2.07. The van der Waals surface area contributed by atoms with E-state index in [0.717, 1.165) is 19.5 Å². The van der Waals surface area contributed by atoms with Crippen molar-refractivity contribution in [1.29, 1.82) is 0 Å². The Morgan fingerprint density at radius 2 is 2.11 bits per heavy atom. The van der Waals surface area contributed by atoms with E-state index in [9.17, 15) is 4.79 Å². The molecule has 1 aromatic carbocycles. The van der Waals surface area contributed by atoms with Gasteiger partial charge < -0.3 is 10.4 Å². The molecule has 19 heavy (non-hydrogen) atoms. The lowest BCUT2D eigenvalue weighted by Crippen LogP contribution is -2.02. The zero-order chi connectivity index (χ0) is 14.0. The summed E-state index contributed by atoms with van der Waals surface area (Å²) in [4.78, 5) is 12.0. The van der Waals surface area contributed by atoms with E-state index >= 15 is 0 Å². The number of aryl methyl sites for hydroxylation is 1. The maximum Gasteiger partial charge on any atom is 0.335 e. The quantitative estimate of drug-likeness (QED) is 0.762. The Balaban J connectivity index is 2.09. The van der Waals surface area contributed by atoms with Crippen LogP contribution in [0.4, 0.5) is 5.69 Å². The minimum absolute atomic E-state index is 0.310. The average molecular weight is 405 g/mol. The highest BCUT2D eigenvalue weighted by atomic mass is 79.9. The average Bonchev–Trinajstić information content (AvgIpc) is 2.67. The van der Waals surface area contributed by atoms with E-state index in [1.807, 2.05) is 6.92 Å². The maximum atomic E-state index is 10.9. The summed E-state index contributed by atoms with van der Waals surface area (Å²) in [5.41, 5.74) is 2.19. The Kier molecular flexibility index (Phi) is 4.65. The zero-order valence-corrected chi connectivity index (χ0v) is 14.0. The van der Waals surface area contributed by atoms with Gasteiger partial charge in [0.25, 0.3) is 0 Å². The lowest BCUT2D eigenvalue weighted by molar-refractivity contribution is 0.0697. The summed E-state index contributed by atoms with van der Waals surface area (Å²) in [6.45, 7) is 2.61. The minimum Gasteiger partial charge on any atom is -0.478 e. The van der Waals surface area contributed by atoms with Gasteiger partial charge in [-0.2, -0.15) is 0 Å². The van der Waals surface area contributed by atoms with Crippen LogP contribution in [0.2, 0.25) is 0 Å². The third-order valence-corrected chi connectivity index (χ3v) is 5.88. The van der Waals surface area contributed by atoms with E-state index in [0.29, 0.717) is 12.1 Å². The minimum atomic E-state index is -0.902. The van der Waals surface area contributed by atoms with Crippen molar-refractivity contribution in [2.75, 3.05) is 5.32 Å². The van der Waals surface area contributed by atoms with Gasteiger partial charge in [0.05, 0.1) is 9.35 Å². The number of carbonyl (C=O) groups is 1. The highest BCUT2D eigenvalue weighted by molar-refractivity contribution is 9.13. The van der Waals surface area contributed by atoms with Crippen molar-refractivity contribution in [3.8, 4) is 0 Å². The lowest BCUT2D eigenvalue weighted by atomic mass is 10.1. The van der Waals surface area contributed by atoms with Crippen molar-refractivity contribution >= 4 is 54.9 Å². The van der Waals surface area contributed by atoms with Crippen LogP contribution in [-0.4, -0.2) is 11.1 Å². The fourth-order valence-corrected chi connectivity index (χ4v) is 3.77. The lowest BCUT2D eigenvalue weighted by Gasteiger charge is -2.09. The molecule has 0 fully saturated rings. The first kappa shape index (κ1) is 14.6. The molecule has 0 radical (unpaired) electrons. The Morgan fingerprint density at radius 1 is 1.37 bits per heavy atom. The van der Waals surface area contributed by atoms with Gasteiger partial charge in [0.2, 0.25) is 0 Å². The molecule has 0 unspecified atom stereocenters. The van der Waals surface area contributed by atoms with E-state index in [2.05, 4.69) is 43.2 Å². The van der Waals surface area contributed by atoms with Crippen LogP contribution in [0.3, 0.4) is 0 Å². The number of carboxylic acid groups (broad SMARTS) is 1. The second-order valence-electron chi connectivity index (χ2n) is 4.02. The zero-order valence-electron chi connectivity index (χ0n) is 10.0. The summed E-state index contributed by atoms with van der Waals surface area (Å²) >= 11 is 8.57. The van der Waals surface area contributed by atoms with Crippen LogP contribution in [0.5, 0.6) is 0 Å². The molecule has 0 aliphatic carbocycles. The first-order valence-corrected chi connectivity index (χ1v) is 7.89. The van der Waals surface area contributed by atoms with E-state index in [1.165, 1.54) is 4.88 Å². The molecule has 2 aromatic rings. The number of hydrogen-bond donors (Lipinski definition) is 2. The number of hydrogen-bond acceptors (Lipinski definition) is 3. The Bertz CT molecular complexity index is 606. The second-order valence-corrected chi connectivity index (χ2v) is 7.33. The Labute approximate surface area is 131 Å². The third kappa shape index (κ3) is 3.58. The predicted molar refractivity (Wildman–Crippen MR) is 85.2 cm³/mol. The number of halogens is 2. The van der Waals surface area contributed by atoms with Gasteiger partial charge in [0.15, 0.2) is 0 Å². The van der Waals surface area contributed by atoms with Gasteiger partial charge in [0.1, 0.15) is 0 Å². The molecule has 6 heteroatoms. The van der Waals surface area contributed by atoms with Crippen molar-refractivity contribution in [2.24, 2.45) is 0 Å². The number of nitrogens with one attached hydrogen (secondary N) is 1. The topological polar surface area (TPSA) is 49.3 Å². The molecule has 100 valence electrons. The van der Waals surface area contributed by atoms with Crippen LogP contribution in [0, 0.1) is 6.92 Å². The molecule has 1 heterocycles. The molecule has 0 saturated heterocycles. The summed E-state index contributed by atoms with van der Waals surface area (Å²) in [7, 11) is 0. The molecular formula is C13H11Br2NO2S. The monoisotopic (exact) mass is 403 g/mol. The normalized spacial score (nSPS) is 10.5. The summed E-state index contributed by atoms with van der Waals surface area (Å²) in [6.07, 6.45) is 0. The van der Waals surface area contributed by atoms with E-state index in [1.54, 1.807) is 29.5 Å². The standard InChI is InChI=1S/C13H11Br2NO2S/c1-7-4-8(13(17)18)2-3-11(7)16-6-9-5-10(14)12(15)19-9/h2-5,16H,6H2,1H3,(H,17,18). The first-order valence-electron chi connectivity index (χ1n) is 5.49. The molecule has 0 saturated carbocycles. The second kappa shape index (κ2) is 6.07. The molecule has 0 spiro atoms.